The Morgan fingerprint density at radius 1 is 1.35 bits per heavy atom. The SMILES string of the molecule is O=C(NCCC1CCC1)c1cc(Cl)nc(Cl)c1. The molecule has 17 heavy (non-hydrogen) atoms. The number of carbonyl (C=O) groups is 1. The van der Waals surface area contributed by atoms with Gasteiger partial charge in [-0.2, -0.15) is 0 Å². The van der Waals surface area contributed by atoms with Crippen molar-refractivity contribution in [2.24, 2.45) is 5.92 Å². The Labute approximate surface area is 111 Å². The average Bonchev–Trinajstić information content (AvgIpc) is 2.20. The number of halogens is 2. The second-order valence-electron chi connectivity index (χ2n) is 4.34. The van der Waals surface area contributed by atoms with Crippen molar-refractivity contribution in [1.29, 1.82) is 0 Å². The minimum Gasteiger partial charge on any atom is -0.352 e. The van der Waals surface area contributed by atoms with Gasteiger partial charge in [-0.25, -0.2) is 4.98 Å². The summed E-state index contributed by atoms with van der Waals surface area (Å²) >= 11 is 11.5. The molecule has 0 atom stereocenters. The zero-order valence-corrected chi connectivity index (χ0v) is 10.9. The standard InChI is InChI=1S/C12H14Cl2N2O/c13-10-6-9(7-11(14)16-10)12(17)15-5-4-8-2-1-3-8/h6-8H,1-5H2,(H,15,17). The molecule has 92 valence electrons. The van der Waals surface area contributed by atoms with Crippen LogP contribution in [0.25, 0.3) is 0 Å². The molecule has 0 saturated heterocycles. The van der Waals surface area contributed by atoms with Gasteiger partial charge in [0, 0.05) is 12.1 Å². The molecule has 5 heteroatoms. The Morgan fingerprint density at radius 3 is 2.53 bits per heavy atom. The number of hydrogen-bond acceptors (Lipinski definition) is 2. The van der Waals surface area contributed by atoms with E-state index in [1.54, 1.807) is 0 Å². The molecule has 1 saturated carbocycles. The highest BCUT2D eigenvalue weighted by Crippen LogP contribution is 2.28. The van der Waals surface area contributed by atoms with Crippen molar-refractivity contribution in [3.05, 3.63) is 28.0 Å². The maximum atomic E-state index is 11.8. The molecule has 0 aliphatic heterocycles. The quantitative estimate of drug-likeness (QED) is 0.855. The fourth-order valence-electron chi connectivity index (χ4n) is 1.87. The minimum atomic E-state index is -0.143. The van der Waals surface area contributed by atoms with Crippen LogP contribution in [0, 0.1) is 5.92 Å². The maximum absolute atomic E-state index is 11.8. The molecule has 1 fully saturated rings. The highest BCUT2D eigenvalue weighted by molar-refractivity contribution is 6.33. The summed E-state index contributed by atoms with van der Waals surface area (Å²) in [6, 6.07) is 3.04. The fourth-order valence-corrected chi connectivity index (χ4v) is 2.33. The monoisotopic (exact) mass is 272 g/mol. The zero-order chi connectivity index (χ0) is 12.3. The first kappa shape index (κ1) is 12.7. The van der Waals surface area contributed by atoms with Crippen LogP contribution in [0.4, 0.5) is 0 Å². The number of amides is 1. The van der Waals surface area contributed by atoms with Crippen molar-refractivity contribution < 1.29 is 4.79 Å². The first-order valence-corrected chi connectivity index (χ1v) is 6.52. The Morgan fingerprint density at radius 2 is 2.00 bits per heavy atom. The number of pyridine rings is 1. The molecule has 1 N–H and O–H groups in total. The molecule has 0 spiro atoms. The lowest BCUT2D eigenvalue weighted by molar-refractivity contribution is 0.0949. The molecular weight excluding hydrogens is 259 g/mol. The summed E-state index contributed by atoms with van der Waals surface area (Å²) in [5, 5.41) is 3.34. The highest BCUT2D eigenvalue weighted by Gasteiger charge is 2.17. The third-order valence-corrected chi connectivity index (χ3v) is 3.48. The fraction of sp³-hybridized carbons (Fsp3) is 0.500. The topological polar surface area (TPSA) is 42.0 Å². The van der Waals surface area contributed by atoms with Crippen molar-refractivity contribution in [1.82, 2.24) is 10.3 Å². The summed E-state index contributed by atoms with van der Waals surface area (Å²) in [5.41, 5.74) is 0.462. The number of carbonyl (C=O) groups excluding carboxylic acids is 1. The van der Waals surface area contributed by atoms with E-state index in [0.29, 0.717) is 12.1 Å². The molecule has 1 heterocycles. The van der Waals surface area contributed by atoms with Gasteiger partial charge in [-0.3, -0.25) is 4.79 Å². The van der Waals surface area contributed by atoms with Gasteiger partial charge in [0.05, 0.1) is 0 Å². The Kier molecular flexibility index (Phi) is 4.24. The third kappa shape index (κ3) is 3.58. The van der Waals surface area contributed by atoms with Crippen LogP contribution in [0.2, 0.25) is 10.3 Å². The molecule has 1 aliphatic rings. The van der Waals surface area contributed by atoms with Crippen LogP contribution in [-0.2, 0) is 0 Å². The van der Waals surface area contributed by atoms with Crippen LogP contribution in [0.3, 0.4) is 0 Å². The van der Waals surface area contributed by atoms with Crippen molar-refractivity contribution in [3.8, 4) is 0 Å². The molecule has 1 amide bonds. The van der Waals surface area contributed by atoms with E-state index < -0.39 is 0 Å². The van der Waals surface area contributed by atoms with Crippen molar-refractivity contribution in [3.63, 3.8) is 0 Å². The van der Waals surface area contributed by atoms with Crippen LogP contribution >= 0.6 is 23.2 Å². The molecule has 0 bridgehead atoms. The van der Waals surface area contributed by atoms with Gasteiger partial charge in [0.25, 0.3) is 5.91 Å². The van der Waals surface area contributed by atoms with Gasteiger partial charge < -0.3 is 5.32 Å². The van der Waals surface area contributed by atoms with E-state index in [2.05, 4.69) is 10.3 Å². The van der Waals surface area contributed by atoms with Crippen LogP contribution in [0.15, 0.2) is 12.1 Å². The predicted octanol–water partition coefficient (Wildman–Crippen LogP) is 3.31. The molecule has 2 rings (SSSR count). The zero-order valence-electron chi connectivity index (χ0n) is 9.38. The second-order valence-corrected chi connectivity index (χ2v) is 5.12. The molecule has 0 unspecified atom stereocenters. The molecule has 3 nitrogen and oxygen atoms in total. The molecule has 0 aromatic carbocycles. The van der Waals surface area contributed by atoms with Gasteiger partial charge in [-0.1, -0.05) is 42.5 Å². The molecule has 1 aromatic heterocycles. The van der Waals surface area contributed by atoms with Crippen LogP contribution < -0.4 is 5.32 Å². The maximum Gasteiger partial charge on any atom is 0.251 e. The van der Waals surface area contributed by atoms with E-state index in [1.165, 1.54) is 31.4 Å². The van der Waals surface area contributed by atoms with E-state index in [4.69, 9.17) is 23.2 Å². The van der Waals surface area contributed by atoms with Gasteiger partial charge in [0.15, 0.2) is 0 Å². The Bertz CT molecular complexity index is 399. The number of aromatic nitrogens is 1. The van der Waals surface area contributed by atoms with Gasteiger partial charge >= 0.3 is 0 Å². The van der Waals surface area contributed by atoms with Crippen LogP contribution in [0.5, 0.6) is 0 Å². The largest absolute Gasteiger partial charge is 0.352 e. The lowest BCUT2D eigenvalue weighted by Crippen LogP contribution is -2.27. The van der Waals surface area contributed by atoms with E-state index in [0.717, 1.165) is 12.3 Å². The third-order valence-electron chi connectivity index (χ3n) is 3.09. The number of rotatable bonds is 4. The number of nitrogens with zero attached hydrogens (tertiary/aromatic N) is 1. The number of hydrogen-bond donors (Lipinski definition) is 1. The summed E-state index contributed by atoms with van der Waals surface area (Å²) in [6.45, 7) is 0.709. The van der Waals surface area contributed by atoms with E-state index in [-0.39, 0.29) is 16.2 Å². The second kappa shape index (κ2) is 5.69. The summed E-state index contributed by atoms with van der Waals surface area (Å²) in [4.78, 5) is 15.6. The van der Waals surface area contributed by atoms with Gasteiger partial charge in [0.2, 0.25) is 0 Å². The Hall–Kier alpha value is -0.800. The lowest BCUT2D eigenvalue weighted by Gasteiger charge is -2.25. The summed E-state index contributed by atoms with van der Waals surface area (Å²) in [5.74, 6) is 0.649. The van der Waals surface area contributed by atoms with Crippen molar-refractivity contribution in [2.75, 3.05) is 6.54 Å². The van der Waals surface area contributed by atoms with Crippen molar-refractivity contribution >= 4 is 29.1 Å². The van der Waals surface area contributed by atoms with E-state index in [9.17, 15) is 4.79 Å². The van der Waals surface area contributed by atoms with Gasteiger partial charge in [-0.05, 0) is 24.5 Å². The van der Waals surface area contributed by atoms with Gasteiger partial charge in [0.1, 0.15) is 10.3 Å². The van der Waals surface area contributed by atoms with Crippen molar-refractivity contribution in [2.45, 2.75) is 25.7 Å². The van der Waals surface area contributed by atoms with Gasteiger partial charge in [-0.15, -0.1) is 0 Å². The predicted molar refractivity (Wildman–Crippen MR) is 68.5 cm³/mol. The number of nitrogens with one attached hydrogen (secondary N) is 1. The highest BCUT2D eigenvalue weighted by atomic mass is 35.5. The summed E-state index contributed by atoms with van der Waals surface area (Å²) in [7, 11) is 0. The van der Waals surface area contributed by atoms with E-state index in [1.807, 2.05) is 0 Å². The smallest absolute Gasteiger partial charge is 0.251 e. The molecule has 0 radical (unpaired) electrons. The first-order valence-electron chi connectivity index (χ1n) is 5.76. The van der Waals surface area contributed by atoms with E-state index >= 15 is 0 Å². The Balaban J connectivity index is 1.85. The van der Waals surface area contributed by atoms with Crippen LogP contribution in [-0.4, -0.2) is 17.4 Å². The minimum absolute atomic E-state index is 0.143. The average molecular weight is 273 g/mol. The van der Waals surface area contributed by atoms with Crippen LogP contribution in [0.1, 0.15) is 36.0 Å². The lowest BCUT2D eigenvalue weighted by atomic mass is 9.83. The normalized spacial score (nSPS) is 15.4. The summed E-state index contributed by atoms with van der Waals surface area (Å²) in [6.07, 6.45) is 4.97. The first-order chi connectivity index (χ1) is 8.15. The molecule has 1 aromatic rings. The molecular formula is C12H14Cl2N2O. The molecule has 1 aliphatic carbocycles. The summed E-state index contributed by atoms with van der Waals surface area (Å²) < 4.78 is 0.